The van der Waals surface area contributed by atoms with Crippen molar-refractivity contribution in [1.29, 1.82) is 0 Å². The van der Waals surface area contributed by atoms with Crippen LogP contribution in [0.2, 0.25) is 0 Å². The average Bonchev–Trinajstić information content (AvgIpc) is 2.61. The van der Waals surface area contributed by atoms with E-state index in [4.69, 9.17) is 0 Å². The lowest BCUT2D eigenvalue weighted by Crippen LogP contribution is -2.32. The summed E-state index contributed by atoms with van der Waals surface area (Å²) in [7, 11) is 0. The van der Waals surface area contributed by atoms with Crippen LogP contribution < -0.4 is 16.0 Å². The predicted molar refractivity (Wildman–Crippen MR) is 101 cm³/mol. The summed E-state index contributed by atoms with van der Waals surface area (Å²) in [6.45, 7) is 4.83. The lowest BCUT2D eigenvalue weighted by atomic mass is 9.95. The molecule has 0 heterocycles. The second-order valence-electron chi connectivity index (χ2n) is 7.74. The highest BCUT2D eigenvalue weighted by atomic mass is 14.9. The third-order valence-corrected chi connectivity index (χ3v) is 5.64. The fourth-order valence-corrected chi connectivity index (χ4v) is 4.10. The van der Waals surface area contributed by atoms with Gasteiger partial charge in [-0.25, -0.2) is 0 Å². The largest absolute Gasteiger partial charge is 0.317 e. The van der Waals surface area contributed by atoms with Gasteiger partial charge in [0.2, 0.25) is 0 Å². The number of hydrogen-bond donors (Lipinski definition) is 3. The smallest absolute Gasteiger partial charge is 0.00670 e. The molecule has 2 aliphatic carbocycles. The van der Waals surface area contributed by atoms with E-state index in [0.717, 1.165) is 12.1 Å². The maximum atomic E-state index is 3.74. The summed E-state index contributed by atoms with van der Waals surface area (Å²) in [6, 6.07) is 1.65. The molecule has 2 fully saturated rings. The molecule has 0 atom stereocenters. The molecule has 2 aliphatic rings. The molecule has 136 valence electrons. The van der Waals surface area contributed by atoms with Gasteiger partial charge in [-0.2, -0.15) is 0 Å². The number of unbranched alkanes of at least 4 members (excludes halogenated alkanes) is 2. The van der Waals surface area contributed by atoms with E-state index in [-0.39, 0.29) is 0 Å². The minimum Gasteiger partial charge on any atom is -0.317 e. The zero-order chi connectivity index (χ0) is 16.0. The summed E-state index contributed by atoms with van der Waals surface area (Å²) in [5.41, 5.74) is 0. The molecule has 0 radical (unpaired) electrons. The van der Waals surface area contributed by atoms with Gasteiger partial charge in [0.15, 0.2) is 0 Å². The SMILES string of the molecule is C1CCC(NCCCCNCCCCNC2CCCCC2)CC1. The maximum Gasteiger partial charge on any atom is 0.00670 e. The van der Waals surface area contributed by atoms with E-state index in [1.807, 2.05) is 0 Å². The van der Waals surface area contributed by atoms with Gasteiger partial charge >= 0.3 is 0 Å². The lowest BCUT2D eigenvalue weighted by molar-refractivity contribution is 0.368. The Morgan fingerprint density at radius 1 is 0.478 bits per heavy atom. The Morgan fingerprint density at radius 2 is 0.870 bits per heavy atom. The Bertz CT molecular complexity index is 232. The monoisotopic (exact) mass is 323 g/mol. The van der Waals surface area contributed by atoms with E-state index in [2.05, 4.69) is 16.0 Å². The van der Waals surface area contributed by atoms with Crippen LogP contribution in [0.4, 0.5) is 0 Å². The van der Waals surface area contributed by atoms with Crippen molar-refractivity contribution in [3.63, 3.8) is 0 Å². The molecule has 0 aromatic carbocycles. The van der Waals surface area contributed by atoms with Gasteiger partial charge in [0.1, 0.15) is 0 Å². The van der Waals surface area contributed by atoms with Crippen molar-refractivity contribution in [2.45, 2.75) is 102 Å². The average molecular weight is 324 g/mol. The van der Waals surface area contributed by atoms with Crippen LogP contribution in [0.5, 0.6) is 0 Å². The number of rotatable bonds is 12. The highest BCUT2D eigenvalue weighted by Gasteiger charge is 2.12. The molecule has 2 saturated carbocycles. The summed E-state index contributed by atoms with van der Waals surface area (Å²) >= 11 is 0. The molecule has 0 spiro atoms. The number of hydrogen-bond acceptors (Lipinski definition) is 3. The van der Waals surface area contributed by atoms with E-state index < -0.39 is 0 Å². The van der Waals surface area contributed by atoms with Gasteiger partial charge in [-0.15, -0.1) is 0 Å². The molecule has 0 aliphatic heterocycles. The Kier molecular flexibility index (Phi) is 11.0. The molecule has 0 amide bonds. The molecule has 0 saturated heterocycles. The van der Waals surface area contributed by atoms with E-state index in [9.17, 15) is 0 Å². The molecule has 0 bridgehead atoms. The van der Waals surface area contributed by atoms with Crippen molar-refractivity contribution in [1.82, 2.24) is 16.0 Å². The predicted octanol–water partition coefficient (Wildman–Crippen LogP) is 3.98. The van der Waals surface area contributed by atoms with Gasteiger partial charge in [-0.3, -0.25) is 0 Å². The van der Waals surface area contributed by atoms with Gasteiger partial charge in [0.05, 0.1) is 0 Å². The molecular weight excluding hydrogens is 282 g/mol. The topological polar surface area (TPSA) is 36.1 Å². The first-order valence-corrected chi connectivity index (χ1v) is 10.6. The zero-order valence-electron chi connectivity index (χ0n) is 15.4. The quantitative estimate of drug-likeness (QED) is 0.475. The van der Waals surface area contributed by atoms with Crippen molar-refractivity contribution in [2.24, 2.45) is 0 Å². The Morgan fingerprint density at radius 3 is 1.30 bits per heavy atom. The van der Waals surface area contributed by atoms with Crippen LogP contribution >= 0.6 is 0 Å². The van der Waals surface area contributed by atoms with E-state index in [0.29, 0.717) is 0 Å². The van der Waals surface area contributed by atoms with Crippen molar-refractivity contribution in [3.8, 4) is 0 Å². The second-order valence-corrected chi connectivity index (χ2v) is 7.74. The standard InChI is InChI=1S/C20H41N3/c1-3-11-19(12-4-1)22-17-9-7-15-21-16-8-10-18-23-20-13-5-2-6-14-20/h19-23H,1-18H2. The minimum atomic E-state index is 0.827. The highest BCUT2D eigenvalue weighted by molar-refractivity contribution is 4.72. The molecular formula is C20H41N3. The third kappa shape index (κ3) is 9.69. The summed E-state index contributed by atoms with van der Waals surface area (Å²) in [5, 5.41) is 11.1. The first-order chi connectivity index (χ1) is 11.4. The molecule has 0 unspecified atom stereocenters. The maximum absolute atomic E-state index is 3.74. The fourth-order valence-electron chi connectivity index (χ4n) is 4.10. The molecule has 0 aromatic rings. The molecule has 0 aromatic heterocycles. The summed E-state index contributed by atoms with van der Waals surface area (Å²) in [5.74, 6) is 0. The van der Waals surface area contributed by atoms with Crippen LogP contribution in [0.25, 0.3) is 0 Å². The van der Waals surface area contributed by atoms with Crippen LogP contribution in [-0.4, -0.2) is 38.3 Å². The van der Waals surface area contributed by atoms with Gasteiger partial charge in [-0.05, 0) is 77.5 Å². The summed E-state index contributed by atoms with van der Waals surface area (Å²) in [6.07, 6.45) is 19.6. The molecule has 2 rings (SSSR count). The normalized spacial score (nSPS) is 20.9. The molecule has 3 heteroatoms. The first kappa shape index (κ1) is 19.2. The molecule has 23 heavy (non-hydrogen) atoms. The Hall–Kier alpha value is -0.120. The van der Waals surface area contributed by atoms with Gasteiger partial charge in [0.25, 0.3) is 0 Å². The Labute approximate surface area is 144 Å². The van der Waals surface area contributed by atoms with Crippen molar-refractivity contribution in [2.75, 3.05) is 26.2 Å². The minimum absolute atomic E-state index is 0.827. The van der Waals surface area contributed by atoms with Crippen molar-refractivity contribution < 1.29 is 0 Å². The zero-order valence-corrected chi connectivity index (χ0v) is 15.4. The summed E-state index contributed by atoms with van der Waals surface area (Å²) < 4.78 is 0. The number of nitrogens with one attached hydrogen (secondary N) is 3. The first-order valence-electron chi connectivity index (χ1n) is 10.6. The van der Waals surface area contributed by atoms with E-state index >= 15 is 0 Å². The fraction of sp³-hybridized carbons (Fsp3) is 1.00. The Balaban J connectivity index is 1.26. The van der Waals surface area contributed by atoms with Crippen LogP contribution in [-0.2, 0) is 0 Å². The van der Waals surface area contributed by atoms with E-state index in [1.54, 1.807) is 0 Å². The van der Waals surface area contributed by atoms with Gasteiger partial charge < -0.3 is 16.0 Å². The second kappa shape index (κ2) is 13.2. The summed E-state index contributed by atoms with van der Waals surface area (Å²) in [4.78, 5) is 0. The van der Waals surface area contributed by atoms with Crippen LogP contribution in [0.3, 0.4) is 0 Å². The van der Waals surface area contributed by atoms with Crippen LogP contribution in [0.1, 0.15) is 89.9 Å². The highest BCUT2D eigenvalue weighted by Crippen LogP contribution is 2.17. The third-order valence-electron chi connectivity index (χ3n) is 5.64. The van der Waals surface area contributed by atoms with Crippen molar-refractivity contribution in [3.05, 3.63) is 0 Å². The van der Waals surface area contributed by atoms with Crippen LogP contribution in [0.15, 0.2) is 0 Å². The van der Waals surface area contributed by atoms with Gasteiger partial charge in [-0.1, -0.05) is 38.5 Å². The van der Waals surface area contributed by atoms with E-state index in [1.165, 1.54) is 116 Å². The van der Waals surface area contributed by atoms with Crippen molar-refractivity contribution >= 4 is 0 Å². The van der Waals surface area contributed by atoms with Gasteiger partial charge in [0, 0.05) is 12.1 Å². The molecule has 3 nitrogen and oxygen atoms in total. The molecule has 3 N–H and O–H groups in total. The lowest BCUT2D eigenvalue weighted by Gasteiger charge is -2.23. The van der Waals surface area contributed by atoms with Crippen LogP contribution in [0, 0.1) is 0 Å².